The molecule has 7 heteroatoms. The number of halogens is 1. The minimum absolute atomic E-state index is 0.0276. The summed E-state index contributed by atoms with van der Waals surface area (Å²) < 4.78 is 32.6. The molecule has 0 heterocycles. The highest BCUT2D eigenvalue weighted by Crippen LogP contribution is 2.14. The summed E-state index contributed by atoms with van der Waals surface area (Å²) in [6, 6.07) is 6.17. The Bertz CT molecular complexity index is 509. The van der Waals surface area contributed by atoms with Crippen LogP contribution >= 0.6 is 11.6 Å². The number of aryl methyl sites for hydroxylation is 1. The van der Waals surface area contributed by atoms with Crippen molar-refractivity contribution in [2.45, 2.75) is 24.3 Å². The Labute approximate surface area is 111 Å². The van der Waals surface area contributed by atoms with Crippen LogP contribution in [0.25, 0.3) is 0 Å². The zero-order valence-electron chi connectivity index (χ0n) is 9.92. The summed E-state index contributed by atoms with van der Waals surface area (Å²) in [6.45, 7) is 2.58. The molecule has 1 atom stereocenters. The van der Waals surface area contributed by atoms with E-state index in [1.165, 1.54) is 19.1 Å². The third kappa shape index (κ3) is 4.64. The Morgan fingerprint density at radius 1 is 1.33 bits per heavy atom. The van der Waals surface area contributed by atoms with Crippen molar-refractivity contribution in [3.8, 4) is 0 Å². The zero-order chi connectivity index (χ0) is 13.8. The van der Waals surface area contributed by atoms with E-state index in [2.05, 4.69) is 8.92 Å². The molecule has 100 valence electrons. The van der Waals surface area contributed by atoms with Crippen LogP contribution in [0.4, 0.5) is 0 Å². The van der Waals surface area contributed by atoms with Gasteiger partial charge in [-0.3, -0.25) is 8.98 Å². The van der Waals surface area contributed by atoms with Crippen LogP contribution in [0.1, 0.15) is 12.5 Å². The predicted octanol–water partition coefficient (Wildman–Crippen LogP) is 1.83. The number of ether oxygens (including phenoxy) is 1. The molecule has 1 aromatic carbocycles. The fraction of sp³-hybridized carbons (Fsp3) is 0.364. The summed E-state index contributed by atoms with van der Waals surface area (Å²) in [6.07, 6.45) is 0. The first-order chi connectivity index (χ1) is 8.31. The first-order valence-electron chi connectivity index (χ1n) is 5.08. The standard InChI is InChI=1S/C11H13ClO5S/c1-8-3-5-10(6-4-8)18(14,15)16-7-11(12)17-9(2)13/h3-6,11H,7H2,1-2H3. The van der Waals surface area contributed by atoms with E-state index in [1.54, 1.807) is 12.1 Å². The third-order valence-electron chi connectivity index (χ3n) is 1.96. The van der Waals surface area contributed by atoms with Gasteiger partial charge in [-0.2, -0.15) is 8.42 Å². The van der Waals surface area contributed by atoms with Gasteiger partial charge in [-0.25, -0.2) is 0 Å². The monoisotopic (exact) mass is 292 g/mol. The molecule has 0 spiro atoms. The van der Waals surface area contributed by atoms with Gasteiger partial charge in [0, 0.05) is 6.92 Å². The summed E-state index contributed by atoms with van der Waals surface area (Å²) in [4.78, 5) is 10.6. The predicted molar refractivity (Wildman–Crippen MR) is 65.7 cm³/mol. The zero-order valence-corrected chi connectivity index (χ0v) is 11.5. The summed E-state index contributed by atoms with van der Waals surface area (Å²) in [5.41, 5.74) is -0.202. The number of carbonyl (C=O) groups is 1. The molecule has 18 heavy (non-hydrogen) atoms. The minimum Gasteiger partial charge on any atom is -0.444 e. The lowest BCUT2D eigenvalue weighted by molar-refractivity contribution is -0.143. The Morgan fingerprint density at radius 3 is 2.39 bits per heavy atom. The number of carbonyl (C=O) groups excluding carboxylic acids is 1. The molecular weight excluding hydrogens is 280 g/mol. The Kier molecular flexibility index (Phi) is 5.13. The van der Waals surface area contributed by atoms with Gasteiger partial charge in [0.1, 0.15) is 6.61 Å². The third-order valence-corrected chi connectivity index (χ3v) is 3.47. The van der Waals surface area contributed by atoms with Crippen LogP contribution in [0.15, 0.2) is 29.2 Å². The van der Waals surface area contributed by atoms with E-state index in [0.717, 1.165) is 5.56 Å². The second-order valence-corrected chi connectivity index (χ2v) is 5.67. The van der Waals surface area contributed by atoms with Gasteiger partial charge in [0.2, 0.25) is 0 Å². The topological polar surface area (TPSA) is 69.7 Å². The van der Waals surface area contributed by atoms with Gasteiger partial charge in [-0.05, 0) is 19.1 Å². The maximum Gasteiger partial charge on any atom is 0.304 e. The highest BCUT2D eigenvalue weighted by Gasteiger charge is 2.18. The quantitative estimate of drug-likeness (QED) is 0.470. The maximum absolute atomic E-state index is 11.7. The van der Waals surface area contributed by atoms with Gasteiger partial charge in [0.25, 0.3) is 10.1 Å². The molecule has 0 fully saturated rings. The fourth-order valence-electron chi connectivity index (χ4n) is 1.13. The molecule has 0 saturated carbocycles. The van der Waals surface area contributed by atoms with Crippen LogP contribution < -0.4 is 0 Å². The van der Waals surface area contributed by atoms with Crippen LogP contribution in [0.3, 0.4) is 0 Å². The summed E-state index contributed by atoms with van der Waals surface area (Å²) in [5.74, 6) is -0.605. The summed E-state index contributed by atoms with van der Waals surface area (Å²) >= 11 is 5.56. The molecule has 1 rings (SSSR count). The van der Waals surface area contributed by atoms with E-state index < -0.39 is 28.3 Å². The van der Waals surface area contributed by atoms with Crippen molar-refractivity contribution >= 4 is 27.7 Å². The number of alkyl halides is 1. The SMILES string of the molecule is CC(=O)OC(Cl)COS(=O)(=O)c1ccc(C)cc1. The van der Waals surface area contributed by atoms with Crippen molar-refractivity contribution < 1.29 is 22.1 Å². The molecule has 0 aliphatic carbocycles. The molecule has 5 nitrogen and oxygen atoms in total. The van der Waals surface area contributed by atoms with Gasteiger partial charge in [-0.1, -0.05) is 29.3 Å². The lowest BCUT2D eigenvalue weighted by Crippen LogP contribution is -2.19. The normalized spacial score (nSPS) is 13.1. The smallest absolute Gasteiger partial charge is 0.304 e. The van der Waals surface area contributed by atoms with Gasteiger partial charge in [-0.15, -0.1) is 0 Å². The number of rotatable bonds is 5. The van der Waals surface area contributed by atoms with Crippen molar-refractivity contribution in [3.05, 3.63) is 29.8 Å². The van der Waals surface area contributed by atoms with Crippen LogP contribution in [0.5, 0.6) is 0 Å². The summed E-state index contributed by atoms with van der Waals surface area (Å²) in [5, 5.41) is 0. The maximum atomic E-state index is 11.7. The van der Waals surface area contributed by atoms with E-state index in [9.17, 15) is 13.2 Å². The number of hydrogen-bond donors (Lipinski definition) is 0. The first-order valence-corrected chi connectivity index (χ1v) is 6.93. The van der Waals surface area contributed by atoms with Crippen molar-refractivity contribution in [3.63, 3.8) is 0 Å². The Morgan fingerprint density at radius 2 is 1.89 bits per heavy atom. The Balaban J connectivity index is 2.65. The fourth-order valence-corrected chi connectivity index (χ4v) is 2.30. The summed E-state index contributed by atoms with van der Waals surface area (Å²) in [7, 11) is -3.88. The van der Waals surface area contributed by atoms with E-state index in [1.807, 2.05) is 6.92 Å². The van der Waals surface area contributed by atoms with Crippen LogP contribution in [-0.2, 0) is 23.8 Å². The lowest BCUT2D eigenvalue weighted by atomic mass is 10.2. The molecular formula is C11H13ClO5S. The molecule has 1 aromatic rings. The van der Waals surface area contributed by atoms with Crippen molar-refractivity contribution in [1.29, 1.82) is 0 Å². The average Bonchev–Trinajstić information content (AvgIpc) is 2.26. The number of hydrogen-bond acceptors (Lipinski definition) is 5. The van der Waals surface area contributed by atoms with Crippen molar-refractivity contribution in [2.75, 3.05) is 6.61 Å². The van der Waals surface area contributed by atoms with Crippen molar-refractivity contribution in [1.82, 2.24) is 0 Å². The molecule has 1 unspecified atom stereocenters. The highest BCUT2D eigenvalue weighted by molar-refractivity contribution is 7.86. The second-order valence-electron chi connectivity index (χ2n) is 3.57. The molecule has 0 aliphatic heterocycles. The molecule has 0 N–H and O–H groups in total. The average molecular weight is 293 g/mol. The molecule has 0 radical (unpaired) electrons. The van der Waals surface area contributed by atoms with Gasteiger partial charge >= 0.3 is 5.97 Å². The first kappa shape index (κ1) is 14.9. The molecule has 0 aromatic heterocycles. The molecule has 0 aliphatic rings. The Hall–Kier alpha value is -1.11. The van der Waals surface area contributed by atoms with E-state index >= 15 is 0 Å². The minimum atomic E-state index is -3.88. The number of benzene rings is 1. The van der Waals surface area contributed by atoms with Gasteiger partial charge in [0.15, 0.2) is 5.56 Å². The van der Waals surface area contributed by atoms with E-state index in [0.29, 0.717) is 0 Å². The van der Waals surface area contributed by atoms with E-state index in [4.69, 9.17) is 11.6 Å². The van der Waals surface area contributed by atoms with Crippen LogP contribution in [0.2, 0.25) is 0 Å². The second kappa shape index (κ2) is 6.17. The van der Waals surface area contributed by atoms with Gasteiger partial charge in [0.05, 0.1) is 4.90 Å². The molecule has 0 amide bonds. The lowest BCUT2D eigenvalue weighted by Gasteiger charge is -2.10. The number of esters is 1. The highest BCUT2D eigenvalue weighted by atomic mass is 35.5. The van der Waals surface area contributed by atoms with Crippen LogP contribution in [-0.4, -0.2) is 26.6 Å². The van der Waals surface area contributed by atoms with Crippen LogP contribution in [0, 0.1) is 6.92 Å². The van der Waals surface area contributed by atoms with E-state index in [-0.39, 0.29) is 4.90 Å². The largest absolute Gasteiger partial charge is 0.444 e. The van der Waals surface area contributed by atoms with Crippen molar-refractivity contribution in [2.24, 2.45) is 0 Å². The molecule has 0 bridgehead atoms. The van der Waals surface area contributed by atoms with Gasteiger partial charge < -0.3 is 4.74 Å². The molecule has 0 saturated heterocycles.